The summed E-state index contributed by atoms with van der Waals surface area (Å²) in [7, 11) is 0. The number of morpholine rings is 1. The SMILES string of the molecule is Cc1ccc(CN2CCOCC2)cc1NC(=O)c1ccc(CN)cc1.Cl. The molecule has 1 aliphatic rings. The Morgan fingerprint density at radius 2 is 1.77 bits per heavy atom. The first-order valence-electron chi connectivity index (χ1n) is 8.65. The molecule has 1 amide bonds. The van der Waals surface area contributed by atoms with Crippen LogP contribution in [0.3, 0.4) is 0 Å². The average molecular weight is 376 g/mol. The molecule has 1 fully saturated rings. The monoisotopic (exact) mass is 375 g/mol. The lowest BCUT2D eigenvalue weighted by molar-refractivity contribution is 0.0342. The molecule has 1 heterocycles. The second-order valence-electron chi connectivity index (χ2n) is 6.39. The molecular weight excluding hydrogens is 350 g/mol. The fourth-order valence-electron chi connectivity index (χ4n) is 2.91. The molecule has 0 bridgehead atoms. The lowest BCUT2D eigenvalue weighted by atomic mass is 10.1. The topological polar surface area (TPSA) is 67.6 Å². The molecule has 0 atom stereocenters. The number of nitrogens with one attached hydrogen (secondary N) is 1. The van der Waals surface area contributed by atoms with Gasteiger partial charge in [0.25, 0.3) is 5.91 Å². The van der Waals surface area contributed by atoms with Crippen molar-refractivity contribution in [1.29, 1.82) is 0 Å². The second kappa shape index (κ2) is 9.69. The molecule has 140 valence electrons. The third-order valence-corrected chi connectivity index (χ3v) is 4.51. The molecule has 6 heteroatoms. The number of amides is 1. The van der Waals surface area contributed by atoms with Gasteiger partial charge < -0.3 is 15.8 Å². The summed E-state index contributed by atoms with van der Waals surface area (Å²) in [6.07, 6.45) is 0. The van der Waals surface area contributed by atoms with Crippen LogP contribution in [0.5, 0.6) is 0 Å². The quantitative estimate of drug-likeness (QED) is 0.843. The summed E-state index contributed by atoms with van der Waals surface area (Å²) in [5, 5.41) is 3.03. The minimum Gasteiger partial charge on any atom is -0.379 e. The van der Waals surface area contributed by atoms with E-state index in [2.05, 4.69) is 28.4 Å². The van der Waals surface area contributed by atoms with Gasteiger partial charge in [-0.2, -0.15) is 0 Å². The van der Waals surface area contributed by atoms with Gasteiger partial charge >= 0.3 is 0 Å². The summed E-state index contributed by atoms with van der Waals surface area (Å²) >= 11 is 0. The molecule has 0 radical (unpaired) electrons. The minimum absolute atomic E-state index is 0. The Bertz CT molecular complexity index is 728. The van der Waals surface area contributed by atoms with Gasteiger partial charge in [0.15, 0.2) is 0 Å². The van der Waals surface area contributed by atoms with Crippen molar-refractivity contribution in [2.45, 2.75) is 20.0 Å². The number of ether oxygens (including phenoxy) is 1. The predicted octanol–water partition coefficient (Wildman–Crippen LogP) is 2.96. The number of hydrogen-bond donors (Lipinski definition) is 2. The van der Waals surface area contributed by atoms with Gasteiger partial charge in [0.05, 0.1) is 13.2 Å². The van der Waals surface area contributed by atoms with E-state index in [4.69, 9.17) is 10.5 Å². The fourth-order valence-corrected chi connectivity index (χ4v) is 2.91. The highest BCUT2D eigenvalue weighted by Gasteiger charge is 2.13. The van der Waals surface area contributed by atoms with E-state index in [1.54, 1.807) is 0 Å². The van der Waals surface area contributed by atoms with Crippen molar-refractivity contribution in [2.75, 3.05) is 31.6 Å². The Morgan fingerprint density at radius 1 is 1.12 bits per heavy atom. The highest BCUT2D eigenvalue weighted by molar-refractivity contribution is 6.04. The molecule has 0 saturated carbocycles. The summed E-state index contributed by atoms with van der Waals surface area (Å²) < 4.78 is 5.39. The lowest BCUT2D eigenvalue weighted by Crippen LogP contribution is -2.35. The number of benzene rings is 2. The van der Waals surface area contributed by atoms with E-state index in [0.717, 1.165) is 49.7 Å². The van der Waals surface area contributed by atoms with Crippen LogP contribution in [0.25, 0.3) is 0 Å². The van der Waals surface area contributed by atoms with Crippen LogP contribution in [0.4, 0.5) is 5.69 Å². The van der Waals surface area contributed by atoms with Crippen molar-refractivity contribution in [2.24, 2.45) is 5.73 Å². The second-order valence-corrected chi connectivity index (χ2v) is 6.39. The van der Waals surface area contributed by atoms with Gasteiger partial charge in [0.2, 0.25) is 0 Å². The molecule has 26 heavy (non-hydrogen) atoms. The zero-order valence-corrected chi connectivity index (χ0v) is 15.8. The zero-order valence-electron chi connectivity index (χ0n) is 15.0. The predicted molar refractivity (Wildman–Crippen MR) is 107 cm³/mol. The van der Waals surface area contributed by atoms with E-state index in [9.17, 15) is 4.79 Å². The molecule has 2 aromatic carbocycles. The zero-order chi connectivity index (χ0) is 17.6. The molecule has 3 rings (SSSR count). The third kappa shape index (κ3) is 5.29. The maximum Gasteiger partial charge on any atom is 0.255 e. The molecule has 0 unspecified atom stereocenters. The van der Waals surface area contributed by atoms with Gasteiger partial charge in [0, 0.05) is 37.4 Å². The summed E-state index contributed by atoms with van der Waals surface area (Å²) in [5.41, 5.74) is 10.4. The van der Waals surface area contributed by atoms with E-state index in [1.165, 1.54) is 5.56 Å². The van der Waals surface area contributed by atoms with Crippen LogP contribution in [0.15, 0.2) is 42.5 Å². The fraction of sp³-hybridized carbons (Fsp3) is 0.350. The van der Waals surface area contributed by atoms with Gasteiger partial charge in [-0.3, -0.25) is 9.69 Å². The van der Waals surface area contributed by atoms with Gasteiger partial charge in [-0.1, -0.05) is 24.3 Å². The Morgan fingerprint density at radius 3 is 2.42 bits per heavy atom. The first-order chi connectivity index (χ1) is 12.2. The lowest BCUT2D eigenvalue weighted by Gasteiger charge is -2.26. The summed E-state index contributed by atoms with van der Waals surface area (Å²) in [5.74, 6) is -0.102. The average Bonchev–Trinajstić information content (AvgIpc) is 2.65. The summed E-state index contributed by atoms with van der Waals surface area (Å²) in [6, 6.07) is 13.6. The highest BCUT2D eigenvalue weighted by atomic mass is 35.5. The minimum atomic E-state index is -0.102. The Hall–Kier alpha value is -1.92. The van der Waals surface area contributed by atoms with E-state index in [-0.39, 0.29) is 18.3 Å². The number of anilines is 1. The number of carbonyl (C=O) groups is 1. The summed E-state index contributed by atoms with van der Waals surface area (Å²) in [6.45, 7) is 6.82. The first kappa shape index (κ1) is 20.4. The molecule has 0 aliphatic carbocycles. The number of hydrogen-bond acceptors (Lipinski definition) is 4. The number of rotatable bonds is 5. The van der Waals surface area contributed by atoms with Crippen LogP contribution in [0, 0.1) is 6.92 Å². The van der Waals surface area contributed by atoms with E-state index >= 15 is 0 Å². The van der Waals surface area contributed by atoms with Crippen molar-refractivity contribution in [1.82, 2.24) is 4.90 Å². The van der Waals surface area contributed by atoms with Crippen molar-refractivity contribution in [3.63, 3.8) is 0 Å². The molecule has 5 nitrogen and oxygen atoms in total. The van der Waals surface area contributed by atoms with E-state index in [1.807, 2.05) is 31.2 Å². The van der Waals surface area contributed by atoms with Crippen molar-refractivity contribution in [3.05, 3.63) is 64.7 Å². The number of halogens is 1. The van der Waals surface area contributed by atoms with E-state index < -0.39 is 0 Å². The van der Waals surface area contributed by atoms with Gasteiger partial charge in [0.1, 0.15) is 0 Å². The van der Waals surface area contributed by atoms with Crippen LogP contribution in [0.1, 0.15) is 27.0 Å². The maximum absolute atomic E-state index is 12.5. The van der Waals surface area contributed by atoms with Crippen molar-refractivity contribution >= 4 is 24.0 Å². The molecule has 1 saturated heterocycles. The Kier molecular flexibility index (Phi) is 7.60. The molecule has 3 N–H and O–H groups in total. The van der Waals surface area contributed by atoms with Gasteiger partial charge in [-0.05, 0) is 41.8 Å². The number of carbonyl (C=O) groups excluding carboxylic acids is 1. The first-order valence-corrected chi connectivity index (χ1v) is 8.65. The Balaban J connectivity index is 0.00000243. The van der Waals surface area contributed by atoms with Gasteiger partial charge in [-0.15, -0.1) is 12.4 Å². The third-order valence-electron chi connectivity index (χ3n) is 4.51. The molecule has 0 aromatic heterocycles. The van der Waals surface area contributed by atoms with Crippen LogP contribution in [0.2, 0.25) is 0 Å². The smallest absolute Gasteiger partial charge is 0.255 e. The molecule has 1 aliphatic heterocycles. The highest BCUT2D eigenvalue weighted by Crippen LogP contribution is 2.19. The standard InChI is InChI=1S/C20H25N3O2.ClH/c1-15-2-3-17(14-23-8-10-25-11-9-23)12-19(15)22-20(24)18-6-4-16(13-21)5-7-18;/h2-7,12H,8-11,13-14,21H2,1H3,(H,22,24);1H. The normalized spacial score (nSPS) is 14.5. The number of nitrogens with two attached hydrogens (primary N) is 1. The number of aryl methyl sites for hydroxylation is 1. The Labute approximate surface area is 160 Å². The van der Waals surface area contributed by atoms with Crippen LogP contribution < -0.4 is 11.1 Å². The van der Waals surface area contributed by atoms with E-state index in [0.29, 0.717) is 12.1 Å². The van der Waals surface area contributed by atoms with Crippen LogP contribution in [-0.4, -0.2) is 37.1 Å². The molecular formula is C20H26ClN3O2. The largest absolute Gasteiger partial charge is 0.379 e. The van der Waals surface area contributed by atoms with Crippen LogP contribution >= 0.6 is 12.4 Å². The molecule has 2 aromatic rings. The van der Waals surface area contributed by atoms with Crippen molar-refractivity contribution in [3.8, 4) is 0 Å². The van der Waals surface area contributed by atoms with Crippen LogP contribution in [-0.2, 0) is 17.8 Å². The van der Waals surface area contributed by atoms with Gasteiger partial charge in [-0.25, -0.2) is 0 Å². The number of nitrogens with zero attached hydrogens (tertiary/aromatic N) is 1. The summed E-state index contributed by atoms with van der Waals surface area (Å²) in [4.78, 5) is 14.9. The molecule has 0 spiro atoms. The maximum atomic E-state index is 12.5. The van der Waals surface area contributed by atoms with Crippen molar-refractivity contribution < 1.29 is 9.53 Å².